The molecule has 0 N–H and O–H groups in total. The number of allylic oxidation sites excluding steroid dienone is 2. The second kappa shape index (κ2) is 6.09. The summed E-state index contributed by atoms with van der Waals surface area (Å²) in [5.41, 5.74) is 0. The van der Waals surface area contributed by atoms with Gasteiger partial charge in [0.05, 0.1) is 0 Å². The van der Waals surface area contributed by atoms with Crippen LogP contribution >= 0.6 is 0 Å². The molecule has 0 saturated carbocycles. The Morgan fingerprint density at radius 2 is 2.25 bits per heavy atom. The molecule has 0 amide bonds. The molecule has 1 aliphatic carbocycles. The number of halogens is 1. The topological polar surface area (TPSA) is 0 Å². The third-order valence-corrected chi connectivity index (χ3v) is 3.94. The zero-order chi connectivity index (χ0) is 12.1. The van der Waals surface area contributed by atoms with Crippen LogP contribution < -0.4 is 0 Å². The second-order valence-electron chi connectivity index (χ2n) is 5.14. The van der Waals surface area contributed by atoms with Crippen LogP contribution in [0.5, 0.6) is 0 Å². The SMILES string of the molecule is C#CC1/C=C\CC(C)C(F)C(C(C)CC)C1. The minimum Gasteiger partial charge on any atom is -0.247 e. The van der Waals surface area contributed by atoms with Crippen LogP contribution in [-0.4, -0.2) is 6.17 Å². The van der Waals surface area contributed by atoms with Gasteiger partial charge in [0.25, 0.3) is 0 Å². The van der Waals surface area contributed by atoms with E-state index in [1.54, 1.807) is 0 Å². The van der Waals surface area contributed by atoms with Gasteiger partial charge in [0.1, 0.15) is 6.17 Å². The standard InChI is InChI=1S/C15H23F/c1-5-11(3)14-10-13(6-2)9-7-8-12(4)15(14)16/h2,7,9,11-15H,5,8,10H2,1,3-4H3/b9-7-. The predicted molar refractivity (Wildman–Crippen MR) is 67.7 cm³/mol. The van der Waals surface area contributed by atoms with Crippen molar-refractivity contribution in [2.45, 2.75) is 46.2 Å². The molecular formula is C15H23F. The highest BCUT2D eigenvalue weighted by Gasteiger charge is 2.32. The average Bonchev–Trinajstić information content (AvgIpc) is 2.29. The van der Waals surface area contributed by atoms with Gasteiger partial charge in [-0.3, -0.25) is 0 Å². The molecule has 1 rings (SSSR count). The van der Waals surface area contributed by atoms with E-state index in [0.717, 1.165) is 19.3 Å². The van der Waals surface area contributed by atoms with Crippen molar-refractivity contribution < 1.29 is 4.39 Å². The van der Waals surface area contributed by atoms with E-state index in [1.165, 1.54) is 0 Å². The van der Waals surface area contributed by atoms with Gasteiger partial charge >= 0.3 is 0 Å². The molecule has 0 fully saturated rings. The third kappa shape index (κ3) is 3.11. The molecule has 0 aromatic heterocycles. The highest BCUT2D eigenvalue weighted by Crippen LogP contribution is 2.35. The quantitative estimate of drug-likeness (QED) is 0.484. The molecule has 0 aliphatic heterocycles. The molecule has 0 aromatic carbocycles. The maximum atomic E-state index is 14.3. The summed E-state index contributed by atoms with van der Waals surface area (Å²) in [7, 11) is 0. The lowest BCUT2D eigenvalue weighted by atomic mass is 9.75. The van der Waals surface area contributed by atoms with Crippen molar-refractivity contribution in [3.05, 3.63) is 12.2 Å². The van der Waals surface area contributed by atoms with Gasteiger partial charge in [0.2, 0.25) is 0 Å². The molecule has 0 aromatic rings. The van der Waals surface area contributed by atoms with E-state index >= 15 is 0 Å². The molecule has 90 valence electrons. The Balaban J connectivity index is 2.85. The largest absolute Gasteiger partial charge is 0.247 e. The van der Waals surface area contributed by atoms with E-state index in [9.17, 15) is 4.39 Å². The number of hydrogen-bond donors (Lipinski definition) is 0. The molecule has 5 atom stereocenters. The first-order chi connectivity index (χ1) is 7.60. The van der Waals surface area contributed by atoms with E-state index in [2.05, 4.69) is 31.9 Å². The van der Waals surface area contributed by atoms with Crippen LogP contribution in [0.15, 0.2) is 12.2 Å². The Morgan fingerprint density at radius 1 is 1.56 bits per heavy atom. The van der Waals surface area contributed by atoms with Crippen molar-refractivity contribution in [2.75, 3.05) is 0 Å². The Bertz CT molecular complexity index is 274. The van der Waals surface area contributed by atoms with Crippen LogP contribution in [0.1, 0.15) is 40.0 Å². The number of alkyl halides is 1. The monoisotopic (exact) mass is 222 g/mol. The van der Waals surface area contributed by atoms with Crippen molar-refractivity contribution in [1.29, 1.82) is 0 Å². The summed E-state index contributed by atoms with van der Waals surface area (Å²) in [6, 6.07) is 0. The molecular weight excluding hydrogens is 199 g/mol. The maximum absolute atomic E-state index is 14.3. The van der Waals surface area contributed by atoms with Crippen LogP contribution in [0.2, 0.25) is 0 Å². The fraction of sp³-hybridized carbons (Fsp3) is 0.733. The molecule has 0 nitrogen and oxygen atoms in total. The van der Waals surface area contributed by atoms with Crippen molar-refractivity contribution in [1.82, 2.24) is 0 Å². The van der Waals surface area contributed by atoms with E-state index < -0.39 is 6.17 Å². The summed E-state index contributed by atoms with van der Waals surface area (Å²) >= 11 is 0. The minimum absolute atomic E-state index is 0.116. The summed E-state index contributed by atoms with van der Waals surface area (Å²) < 4.78 is 14.3. The van der Waals surface area contributed by atoms with Crippen LogP contribution in [-0.2, 0) is 0 Å². The van der Waals surface area contributed by atoms with E-state index in [1.807, 2.05) is 6.92 Å². The van der Waals surface area contributed by atoms with Gasteiger partial charge in [-0.05, 0) is 30.6 Å². The first-order valence-corrected chi connectivity index (χ1v) is 6.37. The Hall–Kier alpha value is -0.770. The van der Waals surface area contributed by atoms with Gasteiger partial charge in [-0.1, -0.05) is 45.3 Å². The van der Waals surface area contributed by atoms with E-state index in [-0.39, 0.29) is 17.8 Å². The Labute approximate surface area is 99.3 Å². The number of rotatable bonds is 2. The number of terminal acetylenes is 1. The minimum atomic E-state index is -0.712. The fourth-order valence-corrected chi connectivity index (χ4v) is 2.48. The Morgan fingerprint density at radius 3 is 2.81 bits per heavy atom. The van der Waals surface area contributed by atoms with Gasteiger partial charge in [-0.15, -0.1) is 6.42 Å². The van der Waals surface area contributed by atoms with Crippen molar-refractivity contribution in [3.8, 4) is 12.3 Å². The summed E-state index contributed by atoms with van der Waals surface area (Å²) in [6.07, 6.45) is 11.5. The van der Waals surface area contributed by atoms with E-state index in [0.29, 0.717) is 5.92 Å². The lowest BCUT2D eigenvalue weighted by Gasteiger charge is -2.32. The highest BCUT2D eigenvalue weighted by atomic mass is 19.1. The zero-order valence-corrected chi connectivity index (χ0v) is 10.6. The summed E-state index contributed by atoms with van der Waals surface area (Å²) in [5, 5.41) is 0. The van der Waals surface area contributed by atoms with Crippen LogP contribution in [0.3, 0.4) is 0 Å². The molecule has 0 spiro atoms. The van der Waals surface area contributed by atoms with Crippen LogP contribution in [0.25, 0.3) is 0 Å². The van der Waals surface area contributed by atoms with Gasteiger partial charge in [-0.2, -0.15) is 0 Å². The smallest absolute Gasteiger partial charge is 0.106 e. The molecule has 1 aliphatic rings. The van der Waals surface area contributed by atoms with Crippen molar-refractivity contribution in [2.24, 2.45) is 23.7 Å². The summed E-state index contributed by atoms with van der Waals surface area (Å²) in [5.74, 6) is 3.53. The van der Waals surface area contributed by atoms with Gasteiger partial charge in [0.15, 0.2) is 0 Å². The van der Waals surface area contributed by atoms with Gasteiger partial charge < -0.3 is 0 Å². The molecule has 0 radical (unpaired) electrons. The van der Waals surface area contributed by atoms with E-state index in [4.69, 9.17) is 6.42 Å². The molecule has 0 heterocycles. The van der Waals surface area contributed by atoms with Crippen LogP contribution in [0.4, 0.5) is 4.39 Å². The summed E-state index contributed by atoms with van der Waals surface area (Å²) in [4.78, 5) is 0. The van der Waals surface area contributed by atoms with Gasteiger partial charge in [0, 0.05) is 5.92 Å². The molecule has 0 bridgehead atoms. The third-order valence-electron chi connectivity index (χ3n) is 3.94. The average molecular weight is 222 g/mol. The highest BCUT2D eigenvalue weighted by molar-refractivity contribution is 5.08. The second-order valence-corrected chi connectivity index (χ2v) is 5.14. The van der Waals surface area contributed by atoms with Crippen molar-refractivity contribution >= 4 is 0 Å². The predicted octanol–water partition coefficient (Wildman–Crippen LogP) is 4.22. The number of hydrogen-bond acceptors (Lipinski definition) is 0. The Kier molecular flexibility index (Phi) is 5.06. The lowest BCUT2D eigenvalue weighted by Crippen LogP contribution is -2.31. The summed E-state index contributed by atoms with van der Waals surface area (Å²) in [6.45, 7) is 6.27. The van der Waals surface area contributed by atoms with Crippen molar-refractivity contribution in [3.63, 3.8) is 0 Å². The lowest BCUT2D eigenvalue weighted by molar-refractivity contribution is 0.103. The maximum Gasteiger partial charge on any atom is 0.106 e. The molecule has 5 unspecified atom stereocenters. The van der Waals surface area contributed by atoms with Crippen LogP contribution in [0, 0.1) is 36.0 Å². The molecule has 1 heteroatoms. The van der Waals surface area contributed by atoms with Gasteiger partial charge in [-0.25, -0.2) is 4.39 Å². The molecule has 16 heavy (non-hydrogen) atoms. The first-order valence-electron chi connectivity index (χ1n) is 6.37. The first kappa shape index (κ1) is 13.3. The molecule has 0 saturated heterocycles. The normalized spacial score (nSPS) is 39.2. The fourth-order valence-electron chi connectivity index (χ4n) is 2.48. The zero-order valence-electron chi connectivity index (χ0n) is 10.6.